The first-order valence-electron chi connectivity index (χ1n) is 6.84. The van der Waals surface area contributed by atoms with E-state index in [9.17, 15) is 4.79 Å². The highest BCUT2D eigenvalue weighted by molar-refractivity contribution is 8.26. The summed E-state index contributed by atoms with van der Waals surface area (Å²) in [6.07, 6.45) is 3.86. The Bertz CT molecular complexity index is 627. The van der Waals surface area contributed by atoms with Crippen LogP contribution in [-0.2, 0) is 4.79 Å². The number of hydrogen-bond acceptors (Lipinski definition) is 5. The number of ether oxygens (including phenoxy) is 2. The van der Waals surface area contributed by atoms with E-state index in [1.54, 1.807) is 4.90 Å². The highest BCUT2D eigenvalue weighted by atomic mass is 32.2. The molecule has 4 nitrogen and oxygen atoms in total. The normalized spacial score (nSPS) is 18.9. The van der Waals surface area contributed by atoms with Gasteiger partial charge in [-0.1, -0.05) is 43.4 Å². The fourth-order valence-electron chi connectivity index (χ4n) is 2.16. The van der Waals surface area contributed by atoms with E-state index in [2.05, 4.69) is 6.92 Å². The monoisotopic (exact) mass is 321 g/mol. The molecule has 2 aliphatic rings. The largest absolute Gasteiger partial charge is 0.454 e. The van der Waals surface area contributed by atoms with Crippen LogP contribution in [0.15, 0.2) is 23.1 Å². The first kappa shape index (κ1) is 14.4. The predicted octanol–water partition coefficient (Wildman–Crippen LogP) is 3.42. The lowest BCUT2D eigenvalue weighted by molar-refractivity contribution is -0.122. The van der Waals surface area contributed by atoms with E-state index in [0.29, 0.717) is 21.5 Å². The van der Waals surface area contributed by atoms with Crippen molar-refractivity contribution in [1.82, 2.24) is 4.90 Å². The summed E-state index contributed by atoms with van der Waals surface area (Å²) in [6, 6.07) is 5.64. The summed E-state index contributed by atoms with van der Waals surface area (Å²) in [5, 5.41) is 0. The van der Waals surface area contributed by atoms with Gasteiger partial charge in [-0.25, -0.2) is 0 Å². The Labute approximate surface area is 133 Å². The zero-order chi connectivity index (χ0) is 14.8. The zero-order valence-electron chi connectivity index (χ0n) is 11.6. The molecule has 0 spiro atoms. The molecule has 0 aliphatic carbocycles. The standard InChI is InChI=1S/C15H15NO3S2/c1-2-3-6-16-14(17)13(21-15(16)20)8-10-4-5-11-12(7-10)19-9-18-11/h4-5,7-8H,2-3,6,9H2,1H3. The third-order valence-electron chi connectivity index (χ3n) is 3.30. The van der Waals surface area contributed by atoms with Gasteiger partial charge in [0, 0.05) is 6.54 Å². The van der Waals surface area contributed by atoms with Gasteiger partial charge in [0.1, 0.15) is 4.32 Å². The van der Waals surface area contributed by atoms with Crippen LogP contribution in [0.2, 0.25) is 0 Å². The van der Waals surface area contributed by atoms with E-state index in [-0.39, 0.29) is 12.7 Å². The lowest BCUT2D eigenvalue weighted by atomic mass is 10.2. The van der Waals surface area contributed by atoms with E-state index in [4.69, 9.17) is 21.7 Å². The molecule has 1 amide bonds. The topological polar surface area (TPSA) is 38.8 Å². The number of carbonyl (C=O) groups excluding carboxylic acids is 1. The van der Waals surface area contributed by atoms with Gasteiger partial charge >= 0.3 is 0 Å². The number of unbranched alkanes of at least 4 members (excludes halogenated alkanes) is 1. The number of carbonyl (C=O) groups is 1. The Kier molecular flexibility index (Phi) is 4.17. The molecule has 0 bridgehead atoms. The number of thiocarbonyl (C=S) groups is 1. The third-order valence-corrected chi connectivity index (χ3v) is 4.68. The van der Waals surface area contributed by atoms with Gasteiger partial charge in [0.15, 0.2) is 11.5 Å². The molecule has 21 heavy (non-hydrogen) atoms. The number of hydrogen-bond donors (Lipinski definition) is 0. The number of thioether (sulfide) groups is 1. The Balaban J connectivity index is 1.80. The Morgan fingerprint density at radius 2 is 2.19 bits per heavy atom. The van der Waals surface area contributed by atoms with Crippen molar-refractivity contribution in [2.24, 2.45) is 0 Å². The molecule has 2 aliphatic heterocycles. The maximum absolute atomic E-state index is 12.4. The minimum absolute atomic E-state index is 0.00360. The maximum Gasteiger partial charge on any atom is 0.266 e. The van der Waals surface area contributed by atoms with Gasteiger partial charge in [0.05, 0.1) is 4.91 Å². The van der Waals surface area contributed by atoms with Crippen molar-refractivity contribution in [3.63, 3.8) is 0 Å². The SMILES string of the molecule is CCCCN1C(=O)C(=Cc2ccc3c(c2)OCO3)SC1=S. The van der Waals surface area contributed by atoms with Gasteiger partial charge in [-0.2, -0.15) is 0 Å². The average Bonchev–Trinajstić information content (AvgIpc) is 3.03. The molecular formula is C15H15NO3S2. The number of rotatable bonds is 4. The molecule has 0 N–H and O–H groups in total. The van der Waals surface area contributed by atoms with Crippen LogP contribution in [0.1, 0.15) is 25.3 Å². The van der Waals surface area contributed by atoms with Crippen LogP contribution in [-0.4, -0.2) is 28.5 Å². The molecule has 0 radical (unpaired) electrons. The van der Waals surface area contributed by atoms with Crippen LogP contribution in [0.4, 0.5) is 0 Å². The maximum atomic E-state index is 12.4. The summed E-state index contributed by atoms with van der Waals surface area (Å²) in [7, 11) is 0. The second kappa shape index (κ2) is 6.07. The summed E-state index contributed by atoms with van der Waals surface area (Å²) in [4.78, 5) is 14.7. The first-order valence-corrected chi connectivity index (χ1v) is 8.06. The second-order valence-electron chi connectivity index (χ2n) is 4.80. The van der Waals surface area contributed by atoms with E-state index in [1.807, 2.05) is 24.3 Å². The predicted molar refractivity (Wildman–Crippen MR) is 87.4 cm³/mol. The number of benzene rings is 1. The Morgan fingerprint density at radius 3 is 3.00 bits per heavy atom. The van der Waals surface area contributed by atoms with Crippen LogP contribution < -0.4 is 9.47 Å². The number of nitrogens with zero attached hydrogens (tertiary/aromatic N) is 1. The van der Waals surface area contributed by atoms with E-state index >= 15 is 0 Å². The van der Waals surface area contributed by atoms with E-state index in [0.717, 1.165) is 24.2 Å². The minimum atomic E-state index is -0.00360. The van der Waals surface area contributed by atoms with Gasteiger partial charge in [-0.15, -0.1) is 0 Å². The Hall–Kier alpha value is -1.53. The summed E-state index contributed by atoms with van der Waals surface area (Å²) in [5.74, 6) is 1.45. The summed E-state index contributed by atoms with van der Waals surface area (Å²) < 4.78 is 11.3. The fourth-order valence-corrected chi connectivity index (χ4v) is 3.47. The highest BCUT2D eigenvalue weighted by Gasteiger charge is 2.31. The smallest absolute Gasteiger partial charge is 0.266 e. The van der Waals surface area contributed by atoms with E-state index < -0.39 is 0 Å². The van der Waals surface area contributed by atoms with Gasteiger partial charge < -0.3 is 9.47 Å². The van der Waals surface area contributed by atoms with Crippen molar-refractivity contribution in [2.75, 3.05) is 13.3 Å². The van der Waals surface area contributed by atoms with Gasteiger partial charge in [0.25, 0.3) is 5.91 Å². The van der Waals surface area contributed by atoms with Gasteiger partial charge in [-0.05, 0) is 30.2 Å². The minimum Gasteiger partial charge on any atom is -0.454 e. The van der Waals surface area contributed by atoms with Crippen molar-refractivity contribution < 1.29 is 14.3 Å². The molecule has 6 heteroatoms. The lowest BCUT2D eigenvalue weighted by Gasteiger charge is -2.12. The van der Waals surface area contributed by atoms with Gasteiger partial charge in [0.2, 0.25) is 6.79 Å². The third kappa shape index (κ3) is 2.91. The first-order chi connectivity index (χ1) is 10.2. The molecule has 1 aromatic carbocycles. The Morgan fingerprint density at radius 1 is 1.38 bits per heavy atom. The summed E-state index contributed by atoms with van der Waals surface area (Å²) >= 11 is 6.64. The van der Waals surface area contributed by atoms with Crippen molar-refractivity contribution in [3.8, 4) is 11.5 Å². The lowest BCUT2D eigenvalue weighted by Crippen LogP contribution is -2.28. The van der Waals surface area contributed by atoms with Crippen molar-refractivity contribution in [1.29, 1.82) is 0 Å². The molecule has 1 saturated heterocycles. The molecule has 1 fully saturated rings. The average molecular weight is 321 g/mol. The van der Waals surface area contributed by atoms with Crippen LogP contribution in [0.5, 0.6) is 11.5 Å². The quantitative estimate of drug-likeness (QED) is 0.627. The van der Waals surface area contributed by atoms with Crippen molar-refractivity contribution in [3.05, 3.63) is 28.7 Å². The van der Waals surface area contributed by atoms with Crippen LogP contribution >= 0.6 is 24.0 Å². The van der Waals surface area contributed by atoms with E-state index in [1.165, 1.54) is 11.8 Å². The van der Waals surface area contributed by atoms with Crippen LogP contribution in [0.3, 0.4) is 0 Å². The van der Waals surface area contributed by atoms with Crippen LogP contribution in [0.25, 0.3) is 6.08 Å². The van der Waals surface area contributed by atoms with Crippen molar-refractivity contribution in [2.45, 2.75) is 19.8 Å². The molecule has 0 unspecified atom stereocenters. The number of amides is 1. The van der Waals surface area contributed by atoms with Crippen molar-refractivity contribution >= 4 is 40.3 Å². The molecule has 110 valence electrons. The molecule has 3 rings (SSSR count). The summed E-state index contributed by atoms with van der Waals surface area (Å²) in [6.45, 7) is 3.04. The number of fused-ring (bicyclic) bond motifs is 1. The fraction of sp³-hybridized carbons (Fsp3) is 0.333. The summed E-state index contributed by atoms with van der Waals surface area (Å²) in [5.41, 5.74) is 0.912. The van der Waals surface area contributed by atoms with Crippen LogP contribution in [0, 0.1) is 0 Å². The molecule has 2 heterocycles. The zero-order valence-corrected chi connectivity index (χ0v) is 13.3. The molecular weight excluding hydrogens is 306 g/mol. The van der Waals surface area contributed by atoms with Gasteiger partial charge in [-0.3, -0.25) is 9.69 Å². The molecule has 0 saturated carbocycles. The molecule has 0 atom stereocenters. The molecule has 0 aromatic heterocycles. The highest BCUT2D eigenvalue weighted by Crippen LogP contribution is 2.36. The second-order valence-corrected chi connectivity index (χ2v) is 6.48. The molecule has 1 aromatic rings.